The second-order valence-electron chi connectivity index (χ2n) is 3.83. The zero-order chi connectivity index (χ0) is 12.1. The number of ether oxygens (including phenoxy) is 1. The highest BCUT2D eigenvalue weighted by Crippen LogP contribution is 2.18. The predicted octanol–water partition coefficient (Wildman–Crippen LogP) is 1.86. The molecule has 0 saturated carbocycles. The Balaban J connectivity index is 1.99. The van der Waals surface area contributed by atoms with E-state index in [0.717, 1.165) is 32.0 Å². The first-order valence-corrected chi connectivity index (χ1v) is 6.70. The van der Waals surface area contributed by atoms with Crippen LogP contribution in [0, 0.1) is 0 Å². The molecule has 1 aliphatic rings. The number of anilines is 2. The van der Waals surface area contributed by atoms with Crippen molar-refractivity contribution in [3.8, 4) is 0 Å². The summed E-state index contributed by atoms with van der Waals surface area (Å²) in [6.45, 7) is 3.41. The molecule has 1 heterocycles. The summed E-state index contributed by atoms with van der Waals surface area (Å²) in [5.74, 6) is -0.0378. The number of carbonyl (C=O) groups is 1. The van der Waals surface area contributed by atoms with Gasteiger partial charge >= 0.3 is 0 Å². The molecule has 1 aromatic rings. The highest BCUT2D eigenvalue weighted by Gasteiger charge is 2.10. The molecular weight excluding hydrogens is 284 g/mol. The van der Waals surface area contributed by atoms with Gasteiger partial charge in [0, 0.05) is 24.5 Å². The molecule has 0 radical (unpaired) electrons. The second kappa shape index (κ2) is 6.02. The third kappa shape index (κ3) is 3.44. The topological polar surface area (TPSA) is 41.6 Å². The normalized spacial score (nSPS) is 15.7. The van der Waals surface area contributed by atoms with Crippen LogP contribution in [0.2, 0.25) is 0 Å². The molecule has 1 aromatic carbocycles. The Hall–Kier alpha value is -1.07. The quantitative estimate of drug-likeness (QED) is 0.866. The van der Waals surface area contributed by atoms with Crippen molar-refractivity contribution in [2.24, 2.45) is 0 Å². The van der Waals surface area contributed by atoms with Gasteiger partial charge in [0.2, 0.25) is 5.91 Å². The van der Waals surface area contributed by atoms with E-state index >= 15 is 0 Å². The smallest absolute Gasteiger partial charge is 0.235 e. The number of nitrogens with zero attached hydrogens (tertiary/aromatic N) is 1. The summed E-state index contributed by atoms with van der Waals surface area (Å²) in [6.07, 6.45) is 0. The van der Waals surface area contributed by atoms with Crippen LogP contribution in [0.15, 0.2) is 24.3 Å². The van der Waals surface area contributed by atoms with Gasteiger partial charge in [0.1, 0.15) is 0 Å². The van der Waals surface area contributed by atoms with Crippen LogP contribution in [-0.2, 0) is 9.53 Å². The minimum absolute atomic E-state index is 0.0378. The molecule has 17 heavy (non-hydrogen) atoms. The largest absolute Gasteiger partial charge is 0.378 e. The zero-order valence-corrected chi connectivity index (χ0v) is 11.1. The fourth-order valence-corrected chi connectivity index (χ4v) is 1.91. The van der Waals surface area contributed by atoms with Gasteiger partial charge in [-0.1, -0.05) is 15.9 Å². The molecule has 0 bridgehead atoms. The minimum Gasteiger partial charge on any atom is -0.378 e. The van der Waals surface area contributed by atoms with Gasteiger partial charge in [0.05, 0.1) is 18.5 Å². The van der Waals surface area contributed by atoms with Gasteiger partial charge in [0.25, 0.3) is 0 Å². The monoisotopic (exact) mass is 298 g/mol. The van der Waals surface area contributed by atoms with Crippen molar-refractivity contribution in [2.75, 3.05) is 41.9 Å². The van der Waals surface area contributed by atoms with Gasteiger partial charge in [-0.2, -0.15) is 0 Å². The average molecular weight is 299 g/mol. The van der Waals surface area contributed by atoms with E-state index in [-0.39, 0.29) is 5.91 Å². The highest BCUT2D eigenvalue weighted by molar-refractivity contribution is 9.09. The number of halogens is 1. The molecule has 0 spiro atoms. The summed E-state index contributed by atoms with van der Waals surface area (Å²) >= 11 is 3.12. The lowest BCUT2D eigenvalue weighted by molar-refractivity contribution is -0.113. The summed E-state index contributed by atoms with van der Waals surface area (Å²) in [6, 6.07) is 7.89. The van der Waals surface area contributed by atoms with Gasteiger partial charge in [-0.05, 0) is 24.3 Å². The summed E-state index contributed by atoms with van der Waals surface area (Å²) in [5.41, 5.74) is 2.00. The average Bonchev–Trinajstić information content (AvgIpc) is 2.40. The van der Waals surface area contributed by atoms with E-state index in [1.165, 1.54) is 5.69 Å². The molecule has 92 valence electrons. The number of rotatable bonds is 3. The first kappa shape index (κ1) is 12.4. The number of nitrogens with one attached hydrogen (secondary N) is 1. The van der Waals surface area contributed by atoms with Crippen LogP contribution in [-0.4, -0.2) is 37.5 Å². The Morgan fingerprint density at radius 1 is 1.29 bits per heavy atom. The SMILES string of the molecule is O=C(CBr)Nc1ccc(N2CCOCC2)cc1. The van der Waals surface area contributed by atoms with E-state index in [1.54, 1.807) is 0 Å². The molecule has 1 saturated heterocycles. The lowest BCUT2D eigenvalue weighted by atomic mass is 10.2. The van der Waals surface area contributed by atoms with Gasteiger partial charge in [0.15, 0.2) is 0 Å². The molecule has 0 unspecified atom stereocenters. The van der Waals surface area contributed by atoms with Crippen LogP contribution < -0.4 is 10.2 Å². The number of benzene rings is 1. The fraction of sp³-hybridized carbons (Fsp3) is 0.417. The summed E-state index contributed by atoms with van der Waals surface area (Å²) < 4.78 is 5.31. The summed E-state index contributed by atoms with van der Waals surface area (Å²) in [5, 5.41) is 3.11. The molecular formula is C12H15BrN2O2. The molecule has 5 heteroatoms. The third-order valence-corrected chi connectivity index (χ3v) is 3.16. The van der Waals surface area contributed by atoms with Crippen molar-refractivity contribution in [1.82, 2.24) is 0 Å². The van der Waals surface area contributed by atoms with Gasteiger partial charge < -0.3 is 15.0 Å². The Labute approximate surface area is 109 Å². The Morgan fingerprint density at radius 2 is 1.94 bits per heavy atom. The number of hydrogen-bond acceptors (Lipinski definition) is 3. The molecule has 2 rings (SSSR count). The highest BCUT2D eigenvalue weighted by atomic mass is 79.9. The van der Waals surface area contributed by atoms with Crippen LogP contribution in [0.4, 0.5) is 11.4 Å². The van der Waals surface area contributed by atoms with E-state index in [4.69, 9.17) is 4.74 Å². The van der Waals surface area contributed by atoms with Crippen LogP contribution in [0.5, 0.6) is 0 Å². The summed E-state index contributed by atoms with van der Waals surface area (Å²) in [4.78, 5) is 13.5. The third-order valence-electron chi connectivity index (χ3n) is 2.65. The lowest BCUT2D eigenvalue weighted by Gasteiger charge is -2.28. The number of hydrogen-bond donors (Lipinski definition) is 1. The maximum atomic E-state index is 11.2. The first-order chi connectivity index (χ1) is 8.29. The Bertz CT molecular complexity index is 375. The van der Waals surface area contributed by atoms with Gasteiger partial charge in [-0.15, -0.1) is 0 Å². The van der Waals surface area contributed by atoms with Crippen molar-refractivity contribution in [1.29, 1.82) is 0 Å². The molecule has 0 aliphatic carbocycles. The van der Waals surface area contributed by atoms with Gasteiger partial charge in [-0.25, -0.2) is 0 Å². The number of morpholine rings is 1. The maximum absolute atomic E-state index is 11.2. The zero-order valence-electron chi connectivity index (χ0n) is 9.49. The van der Waals surface area contributed by atoms with Crippen molar-refractivity contribution in [3.05, 3.63) is 24.3 Å². The number of amides is 1. The first-order valence-electron chi connectivity index (χ1n) is 5.58. The van der Waals surface area contributed by atoms with E-state index in [0.29, 0.717) is 5.33 Å². The van der Waals surface area contributed by atoms with Crippen LogP contribution in [0.1, 0.15) is 0 Å². The molecule has 0 atom stereocenters. The fourth-order valence-electron chi connectivity index (χ4n) is 1.77. The standard InChI is InChI=1S/C12H15BrN2O2/c13-9-12(16)14-10-1-3-11(4-2-10)15-5-7-17-8-6-15/h1-4H,5-9H2,(H,14,16). The van der Waals surface area contributed by atoms with E-state index < -0.39 is 0 Å². The van der Waals surface area contributed by atoms with Crippen molar-refractivity contribution >= 4 is 33.2 Å². The van der Waals surface area contributed by atoms with Crippen molar-refractivity contribution in [2.45, 2.75) is 0 Å². The number of alkyl halides is 1. The lowest BCUT2D eigenvalue weighted by Crippen LogP contribution is -2.36. The summed E-state index contributed by atoms with van der Waals surface area (Å²) in [7, 11) is 0. The minimum atomic E-state index is -0.0378. The van der Waals surface area contributed by atoms with Crippen LogP contribution in [0.3, 0.4) is 0 Å². The Kier molecular flexibility index (Phi) is 4.39. The predicted molar refractivity (Wildman–Crippen MR) is 71.9 cm³/mol. The van der Waals surface area contributed by atoms with E-state index in [9.17, 15) is 4.79 Å². The molecule has 1 aliphatic heterocycles. The Morgan fingerprint density at radius 3 is 2.53 bits per heavy atom. The molecule has 1 fully saturated rings. The van der Waals surface area contributed by atoms with Crippen LogP contribution in [0.25, 0.3) is 0 Å². The van der Waals surface area contributed by atoms with Crippen molar-refractivity contribution < 1.29 is 9.53 Å². The van der Waals surface area contributed by atoms with E-state index in [2.05, 4.69) is 26.1 Å². The van der Waals surface area contributed by atoms with Crippen molar-refractivity contribution in [3.63, 3.8) is 0 Å². The van der Waals surface area contributed by atoms with E-state index in [1.807, 2.05) is 24.3 Å². The van der Waals surface area contributed by atoms with Crippen LogP contribution >= 0.6 is 15.9 Å². The van der Waals surface area contributed by atoms with Gasteiger partial charge in [-0.3, -0.25) is 4.79 Å². The number of carbonyl (C=O) groups excluding carboxylic acids is 1. The molecule has 1 N–H and O–H groups in total. The molecule has 4 nitrogen and oxygen atoms in total. The second-order valence-corrected chi connectivity index (χ2v) is 4.39. The molecule has 0 aromatic heterocycles. The maximum Gasteiger partial charge on any atom is 0.235 e. The molecule has 1 amide bonds.